The lowest BCUT2D eigenvalue weighted by Crippen LogP contribution is -2.20. The third-order valence-corrected chi connectivity index (χ3v) is 4.33. The van der Waals surface area contributed by atoms with Crippen LogP contribution in [-0.2, 0) is 6.18 Å². The number of thiophene rings is 1. The van der Waals surface area contributed by atoms with Gasteiger partial charge in [-0.3, -0.25) is 4.99 Å². The van der Waals surface area contributed by atoms with Gasteiger partial charge in [0.1, 0.15) is 5.84 Å². The van der Waals surface area contributed by atoms with Crippen molar-refractivity contribution in [3.05, 3.63) is 41.0 Å². The van der Waals surface area contributed by atoms with Crippen LogP contribution in [0, 0.1) is 0 Å². The summed E-state index contributed by atoms with van der Waals surface area (Å²) in [7, 11) is 0. The minimum atomic E-state index is -4.60. The van der Waals surface area contributed by atoms with Gasteiger partial charge in [0.05, 0.1) is 22.7 Å². The Kier molecular flexibility index (Phi) is 3.12. The summed E-state index contributed by atoms with van der Waals surface area (Å²) in [5.74, 6) is -0.602. The zero-order valence-electron chi connectivity index (χ0n) is 11.6. The highest BCUT2D eigenvalue weighted by Gasteiger charge is 2.37. The Morgan fingerprint density at radius 1 is 1.22 bits per heavy atom. The molecule has 0 saturated carbocycles. The van der Waals surface area contributed by atoms with Gasteiger partial charge in [-0.25, -0.2) is 9.50 Å². The molecule has 23 heavy (non-hydrogen) atoms. The van der Waals surface area contributed by atoms with Crippen molar-refractivity contribution in [1.82, 2.24) is 19.9 Å². The molecule has 0 aromatic carbocycles. The Labute approximate surface area is 132 Å². The first-order valence-corrected chi connectivity index (χ1v) is 7.71. The number of aromatic nitrogens is 3. The van der Waals surface area contributed by atoms with Gasteiger partial charge in [-0.05, 0) is 23.6 Å². The number of pyridine rings is 1. The summed E-state index contributed by atoms with van der Waals surface area (Å²) >= 11 is 1.43. The van der Waals surface area contributed by atoms with Gasteiger partial charge in [-0.15, -0.1) is 16.4 Å². The fraction of sp³-hybridized carbons (Fsp3) is 0.214. The molecular formula is C14H10F3N5S. The van der Waals surface area contributed by atoms with Crippen molar-refractivity contribution in [1.29, 1.82) is 0 Å². The lowest BCUT2D eigenvalue weighted by molar-refractivity contribution is -0.144. The van der Waals surface area contributed by atoms with E-state index in [1.807, 2.05) is 17.5 Å². The maximum atomic E-state index is 13.0. The highest BCUT2D eigenvalue weighted by atomic mass is 32.1. The van der Waals surface area contributed by atoms with E-state index in [1.165, 1.54) is 15.9 Å². The van der Waals surface area contributed by atoms with Crippen LogP contribution >= 0.6 is 11.3 Å². The van der Waals surface area contributed by atoms with E-state index in [-0.39, 0.29) is 5.65 Å². The summed E-state index contributed by atoms with van der Waals surface area (Å²) in [4.78, 5) is 8.80. The second-order valence-corrected chi connectivity index (χ2v) is 5.88. The fourth-order valence-electron chi connectivity index (χ4n) is 2.46. The SMILES string of the molecule is FC(F)(F)c1nc2c(C3=NCCN3)ccc(-c3cccs3)n2n1. The van der Waals surface area contributed by atoms with Crippen molar-refractivity contribution in [2.75, 3.05) is 13.1 Å². The quantitative estimate of drug-likeness (QED) is 0.782. The predicted octanol–water partition coefficient (Wildman–Crippen LogP) is 2.83. The number of nitrogens with zero attached hydrogens (tertiary/aromatic N) is 4. The first-order chi connectivity index (χ1) is 11.0. The number of halogens is 3. The molecule has 0 fully saturated rings. The number of hydrogen-bond acceptors (Lipinski definition) is 5. The maximum absolute atomic E-state index is 13.0. The third kappa shape index (κ3) is 2.37. The van der Waals surface area contributed by atoms with Crippen LogP contribution in [0.1, 0.15) is 11.4 Å². The Morgan fingerprint density at radius 3 is 2.74 bits per heavy atom. The third-order valence-electron chi connectivity index (χ3n) is 3.44. The molecule has 0 radical (unpaired) electrons. The number of nitrogens with one attached hydrogen (secondary N) is 1. The van der Waals surface area contributed by atoms with Gasteiger partial charge in [-0.1, -0.05) is 6.07 Å². The molecule has 118 valence electrons. The van der Waals surface area contributed by atoms with Crippen molar-refractivity contribution >= 4 is 22.8 Å². The van der Waals surface area contributed by atoms with E-state index < -0.39 is 12.0 Å². The first-order valence-electron chi connectivity index (χ1n) is 6.83. The van der Waals surface area contributed by atoms with E-state index in [9.17, 15) is 13.2 Å². The largest absolute Gasteiger partial charge is 0.453 e. The van der Waals surface area contributed by atoms with Gasteiger partial charge < -0.3 is 5.32 Å². The topological polar surface area (TPSA) is 54.6 Å². The minimum Gasteiger partial charge on any atom is -0.368 e. The van der Waals surface area contributed by atoms with E-state index >= 15 is 0 Å². The van der Waals surface area contributed by atoms with Crippen LogP contribution < -0.4 is 5.32 Å². The Morgan fingerprint density at radius 2 is 2.09 bits per heavy atom. The zero-order valence-corrected chi connectivity index (χ0v) is 12.4. The number of rotatable bonds is 2. The number of aliphatic imine (C=N–C) groups is 1. The highest BCUT2D eigenvalue weighted by Crippen LogP contribution is 2.31. The molecule has 5 nitrogen and oxygen atoms in total. The number of fused-ring (bicyclic) bond motifs is 1. The normalized spacial score (nSPS) is 15.0. The smallest absolute Gasteiger partial charge is 0.368 e. The van der Waals surface area contributed by atoms with Crippen LogP contribution in [0.4, 0.5) is 13.2 Å². The molecule has 0 spiro atoms. The van der Waals surface area contributed by atoms with Gasteiger partial charge in [0, 0.05) is 6.54 Å². The van der Waals surface area contributed by atoms with Crippen LogP contribution in [0.3, 0.4) is 0 Å². The van der Waals surface area contributed by atoms with Crippen LogP contribution in [0.15, 0.2) is 34.6 Å². The lowest BCUT2D eigenvalue weighted by Gasteiger charge is -2.07. The van der Waals surface area contributed by atoms with Gasteiger partial charge in [0.15, 0.2) is 5.65 Å². The molecule has 3 aromatic rings. The van der Waals surface area contributed by atoms with Crippen molar-refractivity contribution in [3.8, 4) is 10.6 Å². The maximum Gasteiger partial charge on any atom is 0.453 e. The fourth-order valence-corrected chi connectivity index (χ4v) is 3.19. The molecular weight excluding hydrogens is 327 g/mol. The van der Waals surface area contributed by atoms with Crippen LogP contribution in [0.2, 0.25) is 0 Å². The Balaban J connectivity index is 1.99. The number of amidine groups is 1. The van der Waals surface area contributed by atoms with Crippen molar-refractivity contribution in [2.24, 2.45) is 4.99 Å². The molecule has 4 rings (SSSR count). The second kappa shape index (κ2) is 5.05. The average Bonchev–Trinajstić information content (AvgIpc) is 3.25. The molecule has 3 aromatic heterocycles. The molecule has 1 aliphatic rings. The van der Waals surface area contributed by atoms with Gasteiger partial charge in [0.2, 0.25) is 0 Å². The summed E-state index contributed by atoms with van der Waals surface area (Å²) in [5, 5.41) is 8.59. The number of hydrogen-bond donors (Lipinski definition) is 1. The van der Waals surface area contributed by atoms with Crippen LogP contribution in [-0.4, -0.2) is 33.5 Å². The molecule has 0 aliphatic carbocycles. The molecule has 4 heterocycles. The van der Waals surface area contributed by atoms with E-state index in [0.717, 1.165) is 4.88 Å². The van der Waals surface area contributed by atoms with Crippen molar-refractivity contribution in [2.45, 2.75) is 6.18 Å². The van der Waals surface area contributed by atoms with Gasteiger partial charge in [-0.2, -0.15) is 13.2 Å². The predicted molar refractivity (Wildman–Crippen MR) is 80.7 cm³/mol. The van der Waals surface area contributed by atoms with Crippen molar-refractivity contribution in [3.63, 3.8) is 0 Å². The Bertz CT molecular complexity index is 895. The second-order valence-electron chi connectivity index (χ2n) is 4.94. The molecule has 0 amide bonds. The standard InChI is InChI=1S/C14H10F3N5S/c15-14(16,17)13-20-12-8(11-18-5-6-19-11)3-4-9(22(12)21-13)10-2-1-7-23-10/h1-4,7H,5-6H2,(H,18,19). The molecule has 0 unspecified atom stereocenters. The molecule has 1 aliphatic heterocycles. The molecule has 1 N–H and O–H groups in total. The van der Waals surface area contributed by atoms with E-state index in [0.29, 0.717) is 30.2 Å². The monoisotopic (exact) mass is 337 g/mol. The molecule has 9 heteroatoms. The molecule has 0 bridgehead atoms. The van der Waals surface area contributed by atoms with E-state index in [4.69, 9.17) is 0 Å². The van der Waals surface area contributed by atoms with E-state index in [2.05, 4.69) is 20.4 Å². The minimum absolute atomic E-state index is 0.149. The van der Waals surface area contributed by atoms with Gasteiger partial charge in [0.25, 0.3) is 5.82 Å². The summed E-state index contributed by atoms with van der Waals surface area (Å²) in [6.07, 6.45) is -4.60. The summed E-state index contributed by atoms with van der Waals surface area (Å²) in [5.41, 5.74) is 1.24. The Hall–Kier alpha value is -2.42. The van der Waals surface area contributed by atoms with Gasteiger partial charge >= 0.3 is 6.18 Å². The lowest BCUT2D eigenvalue weighted by atomic mass is 10.2. The molecule has 0 saturated heterocycles. The summed E-state index contributed by atoms with van der Waals surface area (Å²) < 4.78 is 40.3. The average molecular weight is 337 g/mol. The summed E-state index contributed by atoms with van der Waals surface area (Å²) in [6, 6.07) is 7.14. The zero-order chi connectivity index (χ0) is 16.0. The summed E-state index contributed by atoms with van der Waals surface area (Å²) in [6.45, 7) is 1.25. The van der Waals surface area contributed by atoms with E-state index in [1.54, 1.807) is 12.1 Å². The highest BCUT2D eigenvalue weighted by molar-refractivity contribution is 7.13. The van der Waals surface area contributed by atoms with Crippen molar-refractivity contribution < 1.29 is 13.2 Å². The molecule has 0 atom stereocenters. The van der Waals surface area contributed by atoms with Crippen LogP contribution in [0.5, 0.6) is 0 Å². The number of alkyl halides is 3. The first kappa shape index (κ1) is 14.2. The van der Waals surface area contributed by atoms with Crippen LogP contribution in [0.25, 0.3) is 16.2 Å².